The van der Waals surface area contributed by atoms with E-state index in [2.05, 4.69) is 0 Å². The summed E-state index contributed by atoms with van der Waals surface area (Å²) in [5.41, 5.74) is 5.71. The molecule has 0 amide bonds. The van der Waals surface area contributed by atoms with Crippen LogP contribution in [0, 0.1) is 5.82 Å². The molecule has 21 heavy (non-hydrogen) atoms. The lowest BCUT2D eigenvalue weighted by molar-refractivity contribution is 0.196. The van der Waals surface area contributed by atoms with Crippen LogP contribution in [0.2, 0.25) is 0 Å². The molecule has 1 aliphatic rings. The molecule has 2 atom stereocenters. The minimum Gasteiger partial charge on any atom is -0.494 e. The highest BCUT2D eigenvalue weighted by molar-refractivity contribution is 7.89. The molecule has 0 aliphatic carbocycles. The van der Waals surface area contributed by atoms with E-state index in [-0.39, 0.29) is 29.3 Å². The third-order valence-electron chi connectivity index (χ3n) is 3.92. The van der Waals surface area contributed by atoms with E-state index in [1.54, 1.807) is 0 Å². The number of halogens is 1. The third-order valence-corrected chi connectivity index (χ3v) is 5.99. The van der Waals surface area contributed by atoms with E-state index >= 15 is 0 Å². The number of benzene rings is 1. The summed E-state index contributed by atoms with van der Waals surface area (Å²) in [6.07, 6.45) is 2.47. The number of rotatable bonds is 4. The van der Waals surface area contributed by atoms with Gasteiger partial charge in [0.15, 0.2) is 11.6 Å². The molecule has 2 rings (SSSR count). The van der Waals surface area contributed by atoms with Crippen LogP contribution in [0.15, 0.2) is 23.1 Å². The smallest absolute Gasteiger partial charge is 0.243 e. The minimum atomic E-state index is -3.76. The van der Waals surface area contributed by atoms with Crippen LogP contribution in [0.25, 0.3) is 0 Å². The second kappa shape index (κ2) is 6.29. The first kappa shape index (κ1) is 16.2. The molecule has 1 fully saturated rings. The molecule has 1 aromatic carbocycles. The molecule has 2 unspecified atom stereocenters. The van der Waals surface area contributed by atoms with Gasteiger partial charge >= 0.3 is 0 Å². The van der Waals surface area contributed by atoms with Crippen LogP contribution in [0.4, 0.5) is 4.39 Å². The number of sulfonamides is 1. The Morgan fingerprint density at radius 1 is 1.43 bits per heavy atom. The monoisotopic (exact) mass is 316 g/mol. The van der Waals surface area contributed by atoms with Crippen LogP contribution in [-0.2, 0) is 10.0 Å². The van der Waals surface area contributed by atoms with Gasteiger partial charge in [-0.15, -0.1) is 0 Å². The molecule has 1 aliphatic heterocycles. The summed E-state index contributed by atoms with van der Waals surface area (Å²) in [4.78, 5) is -0.0620. The average Bonchev–Trinajstić information content (AvgIpc) is 2.46. The molecule has 1 heterocycles. The quantitative estimate of drug-likeness (QED) is 0.918. The van der Waals surface area contributed by atoms with Crippen LogP contribution in [0.3, 0.4) is 0 Å². The fourth-order valence-corrected chi connectivity index (χ4v) is 4.75. The highest BCUT2D eigenvalue weighted by Gasteiger charge is 2.37. The fraction of sp³-hybridized carbons (Fsp3) is 0.571. The Labute approximate surface area is 124 Å². The summed E-state index contributed by atoms with van der Waals surface area (Å²) in [7, 11) is -2.43. The second-order valence-corrected chi connectivity index (χ2v) is 7.14. The van der Waals surface area contributed by atoms with Crippen LogP contribution < -0.4 is 10.5 Å². The molecule has 1 aromatic rings. The van der Waals surface area contributed by atoms with Crippen molar-refractivity contribution in [2.75, 3.05) is 13.7 Å². The zero-order valence-electron chi connectivity index (χ0n) is 12.3. The van der Waals surface area contributed by atoms with Gasteiger partial charge in [0.05, 0.1) is 12.0 Å². The first-order valence-electron chi connectivity index (χ1n) is 6.99. The van der Waals surface area contributed by atoms with Gasteiger partial charge in [-0.2, -0.15) is 4.31 Å². The lowest BCUT2D eigenvalue weighted by Gasteiger charge is -2.38. The Morgan fingerprint density at radius 3 is 2.71 bits per heavy atom. The second-order valence-electron chi connectivity index (χ2n) is 5.30. The van der Waals surface area contributed by atoms with Crippen molar-refractivity contribution in [1.82, 2.24) is 4.31 Å². The molecule has 118 valence electrons. The van der Waals surface area contributed by atoms with Crippen LogP contribution in [0.5, 0.6) is 5.75 Å². The molecule has 0 radical (unpaired) electrons. The molecular formula is C14H21FN2O3S. The SMILES string of the molecule is COc1ccc(S(=O)(=O)N2C(C)CCCC2CN)cc1F. The number of methoxy groups -OCH3 is 1. The Morgan fingerprint density at radius 2 is 2.14 bits per heavy atom. The van der Waals surface area contributed by atoms with Crippen molar-refractivity contribution in [3.63, 3.8) is 0 Å². The highest BCUT2D eigenvalue weighted by atomic mass is 32.2. The maximum atomic E-state index is 13.8. The van der Waals surface area contributed by atoms with Crippen molar-refractivity contribution in [1.29, 1.82) is 0 Å². The van der Waals surface area contributed by atoms with Crippen molar-refractivity contribution < 1.29 is 17.5 Å². The number of nitrogens with two attached hydrogens (primary N) is 1. The number of hydrogen-bond acceptors (Lipinski definition) is 4. The van der Waals surface area contributed by atoms with E-state index in [9.17, 15) is 12.8 Å². The molecule has 7 heteroatoms. The maximum absolute atomic E-state index is 13.8. The van der Waals surface area contributed by atoms with Gasteiger partial charge in [0.1, 0.15) is 0 Å². The molecule has 0 aromatic heterocycles. The molecule has 0 bridgehead atoms. The first-order chi connectivity index (χ1) is 9.91. The zero-order chi connectivity index (χ0) is 15.6. The number of hydrogen-bond donors (Lipinski definition) is 1. The standard InChI is InChI=1S/C14H21FN2O3S/c1-10-4-3-5-11(9-16)17(10)21(18,19)12-6-7-14(20-2)13(15)8-12/h6-8,10-11H,3-5,9,16H2,1-2H3. The first-order valence-corrected chi connectivity index (χ1v) is 8.43. The van der Waals surface area contributed by atoms with E-state index in [4.69, 9.17) is 10.5 Å². The Bertz CT molecular complexity index is 606. The summed E-state index contributed by atoms with van der Waals surface area (Å²) in [6.45, 7) is 2.13. The topological polar surface area (TPSA) is 72.6 Å². The molecule has 5 nitrogen and oxygen atoms in total. The van der Waals surface area contributed by atoms with Gasteiger partial charge in [-0.25, -0.2) is 12.8 Å². The van der Waals surface area contributed by atoms with E-state index in [0.29, 0.717) is 0 Å². The summed E-state index contributed by atoms with van der Waals surface area (Å²) in [6, 6.07) is 3.33. The fourth-order valence-electron chi connectivity index (χ4n) is 2.85. The van der Waals surface area contributed by atoms with E-state index in [1.165, 1.54) is 23.5 Å². The molecule has 1 saturated heterocycles. The predicted octanol–water partition coefficient (Wildman–Crippen LogP) is 1.72. The van der Waals surface area contributed by atoms with Gasteiger partial charge < -0.3 is 10.5 Å². The van der Waals surface area contributed by atoms with Crippen molar-refractivity contribution in [3.8, 4) is 5.75 Å². The lowest BCUT2D eigenvalue weighted by Crippen LogP contribution is -2.51. The van der Waals surface area contributed by atoms with Gasteiger partial charge in [0.25, 0.3) is 0 Å². The van der Waals surface area contributed by atoms with Crippen molar-refractivity contribution in [2.45, 2.75) is 43.2 Å². The van der Waals surface area contributed by atoms with E-state index in [0.717, 1.165) is 25.3 Å². The normalized spacial score (nSPS) is 24.0. The maximum Gasteiger partial charge on any atom is 0.243 e. The van der Waals surface area contributed by atoms with Crippen molar-refractivity contribution in [2.24, 2.45) is 5.73 Å². The largest absolute Gasteiger partial charge is 0.494 e. The summed E-state index contributed by atoms with van der Waals surface area (Å²) in [5, 5.41) is 0. The lowest BCUT2D eigenvalue weighted by atomic mass is 10.00. The Hall–Kier alpha value is -1.18. The summed E-state index contributed by atoms with van der Waals surface area (Å²) >= 11 is 0. The van der Waals surface area contributed by atoms with Crippen molar-refractivity contribution >= 4 is 10.0 Å². The highest BCUT2D eigenvalue weighted by Crippen LogP contribution is 2.30. The number of piperidine rings is 1. The van der Waals surface area contributed by atoms with Gasteiger partial charge in [-0.3, -0.25) is 0 Å². The Kier molecular flexibility index (Phi) is 4.85. The molecule has 0 saturated carbocycles. The van der Waals surface area contributed by atoms with E-state index in [1.807, 2.05) is 6.92 Å². The van der Waals surface area contributed by atoms with Gasteiger partial charge in [0, 0.05) is 18.6 Å². The summed E-state index contributed by atoms with van der Waals surface area (Å²) < 4.78 is 45.6. The minimum absolute atomic E-state index is 0.0241. The summed E-state index contributed by atoms with van der Waals surface area (Å²) in [5.74, 6) is -0.663. The average molecular weight is 316 g/mol. The molecule has 0 spiro atoms. The van der Waals surface area contributed by atoms with Crippen LogP contribution >= 0.6 is 0 Å². The number of nitrogens with zero attached hydrogens (tertiary/aromatic N) is 1. The van der Waals surface area contributed by atoms with E-state index < -0.39 is 15.8 Å². The van der Waals surface area contributed by atoms with Crippen LogP contribution in [0.1, 0.15) is 26.2 Å². The van der Waals surface area contributed by atoms with Crippen molar-refractivity contribution in [3.05, 3.63) is 24.0 Å². The zero-order valence-corrected chi connectivity index (χ0v) is 13.1. The Balaban J connectivity index is 2.42. The van der Waals surface area contributed by atoms with Gasteiger partial charge in [0.2, 0.25) is 10.0 Å². The predicted molar refractivity (Wildman–Crippen MR) is 78.1 cm³/mol. The molecule has 2 N–H and O–H groups in total. The van der Waals surface area contributed by atoms with Crippen LogP contribution in [-0.4, -0.2) is 38.5 Å². The third kappa shape index (κ3) is 3.04. The molecular weight excluding hydrogens is 295 g/mol. The van der Waals surface area contributed by atoms with Gasteiger partial charge in [-0.1, -0.05) is 6.42 Å². The van der Waals surface area contributed by atoms with Gasteiger partial charge in [-0.05, 0) is 38.0 Å². The number of ether oxygens (including phenoxy) is 1.